The van der Waals surface area contributed by atoms with Crippen molar-refractivity contribution in [1.29, 1.82) is 0 Å². The molecule has 0 unspecified atom stereocenters. The first-order valence-electron chi connectivity index (χ1n) is 8.27. The van der Waals surface area contributed by atoms with Gasteiger partial charge in [-0.3, -0.25) is 14.6 Å². The number of nitrogens with two attached hydrogens (primary N) is 1. The van der Waals surface area contributed by atoms with Gasteiger partial charge in [-0.15, -0.1) is 0 Å². The van der Waals surface area contributed by atoms with Crippen molar-refractivity contribution in [3.05, 3.63) is 70.4 Å². The number of aromatic nitrogens is 1. The van der Waals surface area contributed by atoms with E-state index >= 15 is 0 Å². The first-order chi connectivity index (χ1) is 13.3. The van der Waals surface area contributed by atoms with Gasteiger partial charge in [0.05, 0.1) is 16.8 Å². The van der Waals surface area contributed by atoms with Crippen LogP contribution in [-0.2, 0) is 9.53 Å². The average molecular weight is 398 g/mol. The first-order valence-corrected chi connectivity index (χ1v) is 8.65. The van der Waals surface area contributed by atoms with Crippen LogP contribution < -0.4 is 11.1 Å². The predicted octanol–water partition coefficient (Wildman–Crippen LogP) is 3.09. The molecule has 3 aromatic rings. The fraction of sp³-hybridized carbons (Fsp3) is 0.100. The molecule has 8 heteroatoms. The molecule has 0 aliphatic carbocycles. The van der Waals surface area contributed by atoms with Gasteiger partial charge in [0, 0.05) is 21.7 Å². The van der Waals surface area contributed by atoms with Gasteiger partial charge in [-0.2, -0.15) is 0 Å². The lowest BCUT2D eigenvalue weighted by molar-refractivity contribution is -0.119. The Bertz CT molecular complexity index is 1080. The van der Waals surface area contributed by atoms with Gasteiger partial charge in [-0.25, -0.2) is 4.79 Å². The summed E-state index contributed by atoms with van der Waals surface area (Å²) in [4.78, 5) is 39.7. The number of rotatable bonds is 5. The van der Waals surface area contributed by atoms with Gasteiger partial charge in [-0.05, 0) is 55.5 Å². The maximum atomic E-state index is 12.3. The summed E-state index contributed by atoms with van der Waals surface area (Å²) in [5, 5.41) is 3.79. The first kappa shape index (κ1) is 19.3. The highest BCUT2D eigenvalue weighted by atomic mass is 35.5. The molecule has 0 atom stereocenters. The van der Waals surface area contributed by atoms with Crippen molar-refractivity contribution in [3.8, 4) is 0 Å². The summed E-state index contributed by atoms with van der Waals surface area (Å²) in [5.74, 6) is -1.74. The molecule has 0 aliphatic rings. The number of hydrogen-bond acceptors (Lipinski definition) is 5. The topological polar surface area (TPSA) is 111 Å². The zero-order chi connectivity index (χ0) is 20.3. The summed E-state index contributed by atoms with van der Waals surface area (Å²) in [5.41, 5.74) is 7.38. The molecular formula is C20H16ClN3O4. The molecule has 7 nitrogen and oxygen atoms in total. The van der Waals surface area contributed by atoms with Crippen LogP contribution in [0, 0.1) is 6.92 Å². The van der Waals surface area contributed by atoms with E-state index in [1.165, 1.54) is 24.3 Å². The molecular weight excluding hydrogens is 382 g/mol. The molecule has 1 heterocycles. The van der Waals surface area contributed by atoms with E-state index in [9.17, 15) is 14.4 Å². The van der Waals surface area contributed by atoms with Crippen molar-refractivity contribution in [3.63, 3.8) is 0 Å². The number of aryl methyl sites for hydroxylation is 1. The minimum absolute atomic E-state index is 0.258. The third-order valence-electron chi connectivity index (χ3n) is 3.97. The zero-order valence-corrected chi connectivity index (χ0v) is 15.6. The largest absolute Gasteiger partial charge is 0.452 e. The number of carbonyl (C=O) groups excluding carboxylic acids is 3. The van der Waals surface area contributed by atoms with E-state index in [4.69, 9.17) is 22.1 Å². The fourth-order valence-corrected chi connectivity index (χ4v) is 2.75. The number of benzene rings is 2. The second-order valence-electron chi connectivity index (χ2n) is 6.02. The quantitative estimate of drug-likeness (QED) is 0.642. The molecule has 142 valence electrons. The normalized spacial score (nSPS) is 10.5. The van der Waals surface area contributed by atoms with Crippen LogP contribution in [-0.4, -0.2) is 29.4 Å². The SMILES string of the molecule is Cc1nc2ccc(Cl)cc2cc1C(=O)OCC(=O)Nc1ccc(C(N)=O)cc1. The molecule has 3 N–H and O–H groups in total. The van der Waals surface area contributed by atoms with Gasteiger partial charge < -0.3 is 15.8 Å². The number of nitrogens with one attached hydrogen (secondary N) is 1. The van der Waals surface area contributed by atoms with Crippen molar-refractivity contribution in [2.45, 2.75) is 6.92 Å². The lowest BCUT2D eigenvalue weighted by Crippen LogP contribution is -2.21. The predicted molar refractivity (Wildman–Crippen MR) is 105 cm³/mol. The van der Waals surface area contributed by atoms with E-state index in [2.05, 4.69) is 10.3 Å². The minimum Gasteiger partial charge on any atom is -0.452 e. The van der Waals surface area contributed by atoms with Crippen LogP contribution in [0.15, 0.2) is 48.5 Å². The summed E-state index contributed by atoms with van der Waals surface area (Å²) < 4.78 is 5.09. The second kappa shape index (κ2) is 8.06. The van der Waals surface area contributed by atoms with Gasteiger partial charge in [-0.1, -0.05) is 11.6 Å². The Morgan fingerprint density at radius 1 is 1.11 bits per heavy atom. The maximum Gasteiger partial charge on any atom is 0.340 e. The molecule has 0 fully saturated rings. The molecule has 0 saturated carbocycles. The molecule has 0 radical (unpaired) electrons. The van der Waals surface area contributed by atoms with Crippen molar-refractivity contribution >= 4 is 46.0 Å². The Hall–Kier alpha value is -3.45. The van der Waals surface area contributed by atoms with Crippen molar-refractivity contribution in [2.75, 3.05) is 11.9 Å². The van der Waals surface area contributed by atoms with Crippen LogP contribution in [0.1, 0.15) is 26.4 Å². The lowest BCUT2D eigenvalue weighted by atomic mass is 10.1. The Morgan fingerprint density at radius 3 is 2.50 bits per heavy atom. The van der Waals surface area contributed by atoms with E-state index in [1.807, 2.05) is 0 Å². The molecule has 2 aromatic carbocycles. The van der Waals surface area contributed by atoms with Gasteiger partial charge >= 0.3 is 5.97 Å². The Kier molecular flexibility index (Phi) is 5.56. The van der Waals surface area contributed by atoms with E-state index < -0.39 is 24.4 Å². The minimum atomic E-state index is -0.661. The smallest absolute Gasteiger partial charge is 0.340 e. The zero-order valence-electron chi connectivity index (χ0n) is 14.9. The molecule has 0 aliphatic heterocycles. The summed E-state index contributed by atoms with van der Waals surface area (Å²) in [6, 6.07) is 12.8. The number of carbonyl (C=O) groups is 3. The van der Waals surface area contributed by atoms with Crippen molar-refractivity contribution < 1.29 is 19.1 Å². The highest BCUT2D eigenvalue weighted by Gasteiger charge is 2.15. The number of nitrogens with zero attached hydrogens (tertiary/aromatic N) is 1. The van der Waals surface area contributed by atoms with Crippen LogP contribution in [0.2, 0.25) is 5.02 Å². The van der Waals surface area contributed by atoms with E-state index in [0.29, 0.717) is 32.9 Å². The number of pyridine rings is 1. The van der Waals surface area contributed by atoms with Crippen LogP contribution >= 0.6 is 11.6 Å². The molecule has 3 rings (SSSR count). The lowest BCUT2D eigenvalue weighted by Gasteiger charge is -2.09. The number of esters is 1. The third kappa shape index (κ3) is 4.44. The summed E-state index contributed by atoms with van der Waals surface area (Å²) in [7, 11) is 0. The van der Waals surface area contributed by atoms with Crippen molar-refractivity contribution in [2.24, 2.45) is 5.73 Å². The third-order valence-corrected chi connectivity index (χ3v) is 4.21. The highest BCUT2D eigenvalue weighted by molar-refractivity contribution is 6.31. The summed E-state index contributed by atoms with van der Waals surface area (Å²) >= 11 is 5.97. The molecule has 28 heavy (non-hydrogen) atoms. The van der Waals surface area contributed by atoms with Gasteiger partial charge in [0.1, 0.15) is 0 Å². The molecule has 0 saturated heterocycles. The number of hydrogen-bond donors (Lipinski definition) is 2. The number of ether oxygens (including phenoxy) is 1. The number of anilines is 1. The van der Waals surface area contributed by atoms with Gasteiger partial charge in [0.15, 0.2) is 6.61 Å². The van der Waals surface area contributed by atoms with Crippen LogP contribution in [0.3, 0.4) is 0 Å². The van der Waals surface area contributed by atoms with E-state index in [1.54, 1.807) is 31.2 Å². The van der Waals surface area contributed by atoms with Gasteiger partial charge in [0.2, 0.25) is 5.91 Å². The standard InChI is InChI=1S/C20H16ClN3O4/c1-11-16(9-13-8-14(21)4-7-17(13)23-11)20(27)28-10-18(25)24-15-5-2-12(3-6-15)19(22)26/h2-9H,10H2,1H3,(H2,22,26)(H,24,25). The molecule has 0 bridgehead atoms. The van der Waals surface area contributed by atoms with Crippen molar-refractivity contribution in [1.82, 2.24) is 4.98 Å². The highest BCUT2D eigenvalue weighted by Crippen LogP contribution is 2.21. The number of fused-ring (bicyclic) bond motifs is 1. The summed E-state index contributed by atoms with van der Waals surface area (Å²) in [6.45, 7) is 1.22. The van der Waals surface area contributed by atoms with Crippen LogP contribution in [0.25, 0.3) is 10.9 Å². The monoisotopic (exact) mass is 397 g/mol. The molecule has 1 aromatic heterocycles. The number of primary amides is 1. The summed E-state index contributed by atoms with van der Waals surface area (Å²) in [6.07, 6.45) is 0. The van der Waals surface area contributed by atoms with E-state index in [-0.39, 0.29) is 5.56 Å². The number of amides is 2. The van der Waals surface area contributed by atoms with Gasteiger partial charge in [0.25, 0.3) is 5.91 Å². The number of halogens is 1. The van der Waals surface area contributed by atoms with Crippen LogP contribution in [0.4, 0.5) is 5.69 Å². The Labute approximate surface area is 165 Å². The Balaban J connectivity index is 1.64. The van der Waals surface area contributed by atoms with E-state index in [0.717, 1.165) is 0 Å². The second-order valence-corrected chi connectivity index (χ2v) is 6.46. The fourth-order valence-electron chi connectivity index (χ4n) is 2.57. The Morgan fingerprint density at radius 2 is 1.82 bits per heavy atom. The van der Waals surface area contributed by atoms with Crippen LogP contribution in [0.5, 0.6) is 0 Å². The molecule has 0 spiro atoms. The average Bonchev–Trinajstić information content (AvgIpc) is 2.66. The molecule has 2 amide bonds. The maximum absolute atomic E-state index is 12.3.